The van der Waals surface area contributed by atoms with Crippen molar-refractivity contribution in [3.05, 3.63) is 29.0 Å². The molecule has 1 amide bonds. The van der Waals surface area contributed by atoms with E-state index in [1.165, 1.54) is 18.5 Å². The molecule has 0 bridgehead atoms. The number of alkyl halides is 2. The zero-order valence-corrected chi connectivity index (χ0v) is 8.99. The number of carbonyl (C=O) groups is 1. The summed E-state index contributed by atoms with van der Waals surface area (Å²) in [4.78, 5) is 11.4. The van der Waals surface area contributed by atoms with E-state index in [1.54, 1.807) is 0 Å². The Balaban J connectivity index is 2.18. The Labute approximate surface area is 97.9 Å². The van der Waals surface area contributed by atoms with E-state index in [0.29, 0.717) is 17.2 Å². The standard InChI is InChI=1S/C8H5F2N5OS/c9-7(10)5-6(17-15-14-5)8(16)13-4-1-2-11-12-3-4/h1-3,7H,(H,11,13,16). The van der Waals surface area contributed by atoms with Crippen LogP contribution >= 0.6 is 11.5 Å². The number of nitrogens with one attached hydrogen (secondary N) is 1. The van der Waals surface area contributed by atoms with E-state index in [4.69, 9.17) is 0 Å². The quantitative estimate of drug-likeness (QED) is 0.901. The molecule has 2 rings (SSSR count). The van der Waals surface area contributed by atoms with Crippen molar-refractivity contribution >= 4 is 23.1 Å². The van der Waals surface area contributed by atoms with Crippen molar-refractivity contribution in [1.82, 2.24) is 19.8 Å². The van der Waals surface area contributed by atoms with Gasteiger partial charge >= 0.3 is 0 Å². The molecular formula is C8H5F2N5OS. The molecule has 17 heavy (non-hydrogen) atoms. The number of carbonyl (C=O) groups excluding carboxylic acids is 1. The van der Waals surface area contributed by atoms with Crippen molar-refractivity contribution in [2.75, 3.05) is 5.32 Å². The van der Waals surface area contributed by atoms with Crippen LogP contribution in [0.1, 0.15) is 21.8 Å². The number of rotatable bonds is 3. The summed E-state index contributed by atoms with van der Waals surface area (Å²) in [5.41, 5.74) is -0.256. The van der Waals surface area contributed by atoms with Gasteiger partial charge in [0.05, 0.1) is 18.1 Å². The van der Waals surface area contributed by atoms with Gasteiger partial charge in [-0.15, -0.1) is 5.10 Å². The van der Waals surface area contributed by atoms with Crippen molar-refractivity contribution in [3.63, 3.8) is 0 Å². The summed E-state index contributed by atoms with van der Waals surface area (Å²) >= 11 is 0.616. The van der Waals surface area contributed by atoms with E-state index >= 15 is 0 Å². The third kappa shape index (κ3) is 2.56. The second kappa shape index (κ2) is 4.87. The van der Waals surface area contributed by atoms with E-state index in [2.05, 4.69) is 25.1 Å². The molecule has 1 N–H and O–H groups in total. The minimum absolute atomic E-state index is 0.211. The number of aromatic nitrogens is 4. The van der Waals surface area contributed by atoms with E-state index in [-0.39, 0.29) is 4.88 Å². The van der Waals surface area contributed by atoms with Crippen LogP contribution in [0.4, 0.5) is 14.5 Å². The number of hydrogen-bond acceptors (Lipinski definition) is 6. The summed E-state index contributed by atoms with van der Waals surface area (Å²) in [6.45, 7) is 0. The van der Waals surface area contributed by atoms with E-state index < -0.39 is 18.0 Å². The number of hydrogen-bond donors (Lipinski definition) is 1. The number of halogens is 2. The molecule has 0 atom stereocenters. The normalized spacial score (nSPS) is 10.5. The zero-order chi connectivity index (χ0) is 12.3. The predicted molar refractivity (Wildman–Crippen MR) is 54.9 cm³/mol. The smallest absolute Gasteiger partial charge is 0.283 e. The monoisotopic (exact) mass is 257 g/mol. The Morgan fingerprint density at radius 3 is 2.88 bits per heavy atom. The highest BCUT2D eigenvalue weighted by molar-refractivity contribution is 7.08. The molecule has 0 fully saturated rings. The first-order valence-corrected chi connectivity index (χ1v) is 5.14. The molecule has 0 saturated heterocycles. The Kier molecular flexibility index (Phi) is 3.28. The maximum atomic E-state index is 12.5. The third-order valence-electron chi connectivity index (χ3n) is 1.77. The molecular weight excluding hydrogens is 252 g/mol. The molecule has 0 aliphatic heterocycles. The van der Waals surface area contributed by atoms with Gasteiger partial charge in [0.2, 0.25) is 0 Å². The van der Waals surface area contributed by atoms with Crippen LogP contribution < -0.4 is 5.32 Å². The maximum absolute atomic E-state index is 12.5. The molecule has 0 aromatic carbocycles. The topological polar surface area (TPSA) is 80.7 Å². The second-order valence-corrected chi connectivity index (χ2v) is 3.63. The molecule has 2 aromatic rings. The summed E-state index contributed by atoms with van der Waals surface area (Å²) in [5, 5.41) is 12.7. The molecule has 0 spiro atoms. The predicted octanol–water partition coefficient (Wildman–Crippen LogP) is 1.52. The lowest BCUT2D eigenvalue weighted by Gasteiger charge is -2.02. The van der Waals surface area contributed by atoms with Gasteiger partial charge in [0.1, 0.15) is 4.88 Å². The van der Waals surface area contributed by atoms with Crippen LogP contribution in [0.2, 0.25) is 0 Å². The maximum Gasteiger partial charge on any atom is 0.283 e. The van der Waals surface area contributed by atoms with Gasteiger partial charge in [0.25, 0.3) is 12.3 Å². The fourth-order valence-corrected chi connectivity index (χ4v) is 1.62. The molecule has 2 heterocycles. The van der Waals surface area contributed by atoms with Gasteiger partial charge in [0, 0.05) is 0 Å². The van der Waals surface area contributed by atoms with Crippen molar-refractivity contribution in [3.8, 4) is 0 Å². The van der Waals surface area contributed by atoms with Crippen LogP contribution in [0.3, 0.4) is 0 Å². The van der Waals surface area contributed by atoms with Crippen LogP contribution in [0, 0.1) is 0 Å². The van der Waals surface area contributed by atoms with Crippen LogP contribution in [0.25, 0.3) is 0 Å². The third-order valence-corrected chi connectivity index (χ3v) is 2.51. The highest BCUT2D eigenvalue weighted by Crippen LogP contribution is 2.23. The van der Waals surface area contributed by atoms with Crippen LogP contribution in [0.15, 0.2) is 18.5 Å². The number of anilines is 1. The number of nitrogens with zero attached hydrogens (tertiary/aromatic N) is 4. The highest BCUT2D eigenvalue weighted by Gasteiger charge is 2.23. The summed E-state index contributed by atoms with van der Waals surface area (Å²) in [5.74, 6) is -0.691. The van der Waals surface area contributed by atoms with Crippen molar-refractivity contribution < 1.29 is 13.6 Å². The highest BCUT2D eigenvalue weighted by atomic mass is 32.1. The SMILES string of the molecule is O=C(Nc1ccnnc1)c1snnc1C(F)F. The lowest BCUT2D eigenvalue weighted by molar-refractivity contribution is 0.101. The Morgan fingerprint density at radius 2 is 2.24 bits per heavy atom. The first kappa shape index (κ1) is 11.5. The van der Waals surface area contributed by atoms with Gasteiger partial charge in [-0.25, -0.2) is 8.78 Å². The van der Waals surface area contributed by atoms with E-state index in [0.717, 1.165) is 0 Å². The first-order chi connectivity index (χ1) is 8.18. The van der Waals surface area contributed by atoms with Crippen molar-refractivity contribution in [1.29, 1.82) is 0 Å². The average molecular weight is 257 g/mol. The van der Waals surface area contributed by atoms with Gasteiger partial charge in [0.15, 0.2) is 5.69 Å². The Hall–Kier alpha value is -2.03. The van der Waals surface area contributed by atoms with Gasteiger partial charge in [-0.2, -0.15) is 10.2 Å². The minimum Gasteiger partial charge on any atom is -0.320 e. The molecule has 0 aliphatic rings. The molecule has 88 valence electrons. The average Bonchev–Trinajstić information content (AvgIpc) is 2.79. The lowest BCUT2D eigenvalue weighted by Crippen LogP contribution is -2.12. The minimum atomic E-state index is -2.83. The van der Waals surface area contributed by atoms with Gasteiger partial charge < -0.3 is 5.32 Å². The summed E-state index contributed by atoms with van der Waals surface area (Å²) in [6.07, 6.45) is -0.159. The van der Waals surface area contributed by atoms with Crippen LogP contribution in [0.5, 0.6) is 0 Å². The largest absolute Gasteiger partial charge is 0.320 e. The lowest BCUT2D eigenvalue weighted by atomic mass is 10.3. The molecule has 0 unspecified atom stereocenters. The van der Waals surface area contributed by atoms with E-state index in [9.17, 15) is 13.6 Å². The second-order valence-electron chi connectivity index (χ2n) is 2.87. The van der Waals surface area contributed by atoms with Gasteiger partial charge in [-0.1, -0.05) is 4.49 Å². The zero-order valence-electron chi connectivity index (χ0n) is 8.17. The fourth-order valence-electron chi connectivity index (χ4n) is 1.05. The summed E-state index contributed by atoms with van der Waals surface area (Å²) in [7, 11) is 0. The van der Waals surface area contributed by atoms with Crippen molar-refractivity contribution in [2.45, 2.75) is 6.43 Å². The van der Waals surface area contributed by atoms with Crippen molar-refractivity contribution in [2.24, 2.45) is 0 Å². The summed E-state index contributed by atoms with van der Waals surface area (Å²) in [6, 6.07) is 1.49. The molecule has 0 aliphatic carbocycles. The molecule has 9 heteroatoms. The molecule has 6 nitrogen and oxygen atoms in total. The molecule has 0 radical (unpaired) electrons. The summed E-state index contributed by atoms with van der Waals surface area (Å²) < 4.78 is 28.3. The van der Waals surface area contributed by atoms with Crippen LogP contribution in [-0.4, -0.2) is 25.7 Å². The van der Waals surface area contributed by atoms with E-state index in [1.807, 2.05) is 0 Å². The molecule has 0 saturated carbocycles. The van der Waals surface area contributed by atoms with Gasteiger partial charge in [-0.3, -0.25) is 4.79 Å². The van der Waals surface area contributed by atoms with Crippen LogP contribution in [-0.2, 0) is 0 Å². The van der Waals surface area contributed by atoms with Gasteiger partial charge in [-0.05, 0) is 17.6 Å². The number of amides is 1. The first-order valence-electron chi connectivity index (χ1n) is 4.37. The molecule has 2 aromatic heterocycles. The Morgan fingerprint density at radius 1 is 1.41 bits per heavy atom. The Bertz CT molecular complexity index is 518. The fraction of sp³-hybridized carbons (Fsp3) is 0.125.